The average Bonchev–Trinajstić information content (AvgIpc) is 2.10. The van der Waals surface area contributed by atoms with Crippen LogP contribution in [0.1, 0.15) is 59.3 Å². The van der Waals surface area contributed by atoms with Gasteiger partial charge in [-0.05, 0) is 60.3 Å². The number of allylic oxidation sites excluding steroid dienone is 2. The molecule has 88 valence electrons. The third-order valence-corrected chi connectivity index (χ3v) is 5.19. The summed E-state index contributed by atoms with van der Waals surface area (Å²) < 4.78 is 0. The number of hydrogen-bond donors (Lipinski definition) is 0. The van der Waals surface area contributed by atoms with Gasteiger partial charge >= 0.3 is 0 Å². The molecule has 0 N–H and O–H groups in total. The van der Waals surface area contributed by atoms with Gasteiger partial charge in [0.05, 0.1) is 0 Å². The van der Waals surface area contributed by atoms with Crippen molar-refractivity contribution in [3.63, 3.8) is 0 Å². The minimum absolute atomic E-state index is 0.340. The highest BCUT2D eigenvalue weighted by atomic mass is 16.1. The summed E-state index contributed by atoms with van der Waals surface area (Å²) in [4.78, 5) is 11.3. The molecule has 4 aliphatic rings. The Morgan fingerprint density at radius 2 is 1.75 bits per heavy atom. The molecule has 0 spiro atoms. The van der Waals surface area contributed by atoms with Crippen molar-refractivity contribution in [2.45, 2.75) is 59.3 Å². The maximum atomic E-state index is 11.3. The normalized spacial score (nSPS) is 44.7. The zero-order valence-electron chi connectivity index (χ0n) is 10.7. The number of hydrogen-bond acceptors (Lipinski definition) is 1. The van der Waals surface area contributed by atoms with Crippen LogP contribution in [0.25, 0.3) is 0 Å². The highest BCUT2D eigenvalue weighted by molar-refractivity contribution is 5.76. The van der Waals surface area contributed by atoms with Gasteiger partial charge in [-0.15, -0.1) is 0 Å². The molecule has 0 aromatic heterocycles. The Kier molecular flexibility index (Phi) is 1.85. The van der Waals surface area contributed by atoms with Crippen LogP contribution in [-0.4, -0.2) is 6.29 Å². The van der Waals surface area contributed by atoms with E-state index >= 15 is 0 Å². The number of carbonyl (C=O) groups excluding carboxylic acids is 1. The standard InChI is InChI=1S/C15H22O/c1-13(2)5-4-12(11(6-13)7-16)15-8-14(3,9-15)10-15/h7H,4-6,8-10H2,1-3H3. The molecule has 4 aliphatic carbocycles. The van der Waals surface area contributed by atoms with E-state index in [1.807, 2.05) is 0 Å². The monoisotopic (exact) mass is 218 g/mol. The highest BCUT2D eigenvalue weighted by Crippen LogP contribution is 2.77. The van der Waals surface area contributed by atoms with Crippen LogP contribution in [0, 0.1) is 16.2 Å². The van der Waals surface area contributed by atoms with Gasteiger partial charge < -0.3 is 0 Å². The molecule has 0 amide bonds. The predicted molar refractivity (Wildman–Crippen MR) is 65.1 cm³/mol. The first-order valence-electron chi connectivity index (χ1n) is 6.56. The van der Waals surface area contributed by atoms with Crippen LogP contribution in [0.5, 0.6) is 0 Å². The second kappa shape index (κ2) is 2.80. The number of carbonyl (C=O) groups is 1. The van der Waals surface area contributed by atoms with E-state index in [9.17, 15) is 4.79 Å². The van der Waals surface area contributed by atoms with Crippen LogP contribution < -0.4 is 0 Å². The molecule has 0 aliphatic heterocycles. The van der Waals surface area contributed by atoms with Gasteiger partial charge in [-0.2, -0.15) is 0 Å². The van der Waals surface area contributed by atoms with Gasteiger partial charge in [0.15, 0.2) is 0 Å². The van der Waals surface area contributed by atoms with Gasteiger partial charge in [0.25, 0.3) is 0 Å². The molecule has 3 fully saturated rings. The molecular weight excluding hydrogens is 196 g/mol. The van der Waals surface area contributed by atoms with Crippen molar-refractivity contribution in [3.8, 4) is 0 Å². The van der Waals surface area contributed by atoms with E-state index in [4.69, 9.17) is 0 Å². The first kappa shape index (κ1) is 10.6. The summed E-state index contributed by atoms with van der Waals surface area (Å²) in [6, 6.07) is 0. The van der Waals surface area contributed by atoms with Gasteiger partial charge in [0.2, 0.25) is 0 Å². The van der Waals surface area contributed by atoms with E-state index in [-0.39, 0.29) is 0 Å². The van der Waals surface area contributed by atoms with Crippen molar-refractivity contribution in [2.75, 3.05) is 0 Å². The van der Waals surface area contributed by atoms with Gasteiger partial charge in [0.1, 0.15) is 6.29 Å². The quantitative estimate of drug-likeness (QED) is 0.643. The van der Waals surface area contributed by atoms with Crippen molar-refractivity contribution in [1.82, 2.24) is 0 Å². The fourth-order valence-corrected chi connectivity index (χ4v) is 4.67. The molecule has 0 radical (unpaired) electrons. The van der Waals surface area contributed by atoms with E-state index in [0.717, 1.165) is 18.3 Å². The van der Waals surface area contributed by atoms with Gasteiger partial charge in [0, 0.05) is 0 Å². The number of aldehydes is 1. The van der Waals surface area contributed by atoms with E-state index < -0.39 is 0 Å². The lowest BCUT2D eigenvalue weighted by molar-refractivity contribution is -0.166. The molecule has 0 unspecified atom stereocenters. The van der Waals surface area contributed by atoms with E-state index in [0.29, 0.717) is 16.2 Å². The Labute approximate surface area is 98.3 Å². The maximum Gasteiger partial charge on any atom is 0.146 e. The van der Waals surface area contributed by atoms with Crippen molar-refractivity contribution in [2.24, 2.45) is 16.2 Å². The first-order chi connectivity index (χ1) is 7.38. The summed E-state index contributed by atoms with van der Waals surface area (Å²) in [7, 11) is 0. The zero-order chi connectivity index (χ0) is 11.6. The summed E-state index contributed by atoms with van der Waals surface area (Å²) in [6.45, 7) is 6.97. The molecule has 1 heteroatoms. The largest absolute Gasteiger partial charge is 0.298 e. The third kappa shape index (κ3) is 1.26. The van der Waals surface area contributed by atoms with Crippen molar-refractivity contribution in [3.05, 3.63) is 11.1 Å². The topological polar surface area (TPSA) is 17.1 Å². The van der Waals surface area contributed by atoms with E-state index in [1.54, 1.807) is 5.57 Å². The summed E-state index contributed by atoms with van der Waals surface area (Å²) in [5.41, 5.74) is 4.17. The lowest BCUT2D eigenvalue weighted by Crippen LogP contribution is -2.61. The Hall–Kier alpha value is -0.590. The van der Waals surface area contributed by atoms with Crippen LogP contribution >= 0.6 is 0 Å². The molecule has 0 atom stereocenters. The smallest absolute Gasteiger partial charge is 0.146 e. The molecule has 0 aromatic carbocycles. The summed E-state index contributed by atoms with van der Waals surface area (Å²) >= 11 is 0. The molecule has 3 saturated carbocycles. The van der Waals surface area contributed by atoms with Crippen LogP contribution in [0.15, 0.2) is 11.1 Å². The maximum absolute atomic E-state index is 11.3. The fraction of sp³-hybridized carbons (Fsp3) is 0.800. The lowest BCUT2D eigenvalue weighted by atomic mass is 9.33. The van der Waals surface area contributed by atoms with Crippen LogP contribution in [0.2, 0.25) is 0 Å². The Bertz CT molecular complexity index is 366. The SMILES string of the molecule is CC1(C)CCC(C23CC(C)(C2)C3)=C(C=O)C1. The van der Waals surface area contributed by atoms with E-state index in [1.165, 1.54) is 32.1 Å². The van der Waals surface area contributed by atoms with E-state index in [2.05, 4.69) is 20.8 Å². The fourth-order valence-electron chi connectivity index (χ4n) is 4.67. The minimum atomic E-state index is 0.340. The molecule has 4 rings (SSSR count). The van der Waals surface area contributed by atoms with Gasteiger partial charge in [-0.1, -0.05) is 26.3 Å². The molecular formula is C15H22O. The van der Waals surface area contributed by atoms with Crippen molar-refractivity contribution in [1.29, 1.82) is 0 Å². The summed E-state index contributed by atoms with van der Waals surface area (Å²) in [5, 5.41) is 0. The Balaban J connectivity index is 1.89. The molecule has 16 heavy (non-hydrogen) atoms. The summed E-state index contributed by atoms with van der Waals surface area (Å²) in [5.74, 6) is 0. The molecule has 1 nitrogen and oxygen atoms in total. The Morgan fingerprint density at radius 3 is 2.25 bits per heavy atom. The van der Waals surface area contributed by atoms with Crippen LogP contribution in [0.3, 0.4) is 0 Å². The third-order valence-electron chi connectivity index (χ3n) is 5.19. The van der Waals surface area contributed by atoms with Gasteiger partial charge in [-0.3, -0.25) is 4.79 Å². The molecule has 0 saturated heterocycles. The Morgan fingerprint density at radius 1 is 1.12 bits per heavy atom. The molecule has 0 heterocycles. The van der Waals surface area contributed by atoms with Crippen molar-refractivity contribution >= 4 is 6.29 Å². The molecule has 0 aromatic rings. The zero-order valence-corrected chi connectivity index (χ0v) is 10.7. The molecule has 2 bridgehead atoms. The first-order valence-corrected chi connectivity index (χ1v) is 6.56. The van der Waals surface area contributed by atoms with Crippen LogP contribution in [-0.2, 0) is 4.79 Å². The predicted octanol–water partition coefficient (Wildman–Crippen LogP) is 3.88. The van der Waals surface area contributed by atoms with Gasteiger partial charge in [-0.25, -0.2) is 0 Å². The second-order valence-corrected chi connectivity index (χ2v) is 7.58. The minimum Gasteiger partial charge on any atom is -0.298 e. The number of rotatable bonds is 2. The lowest BCUT2D eigenvalue weighted by Gasteiger charge is -2.71. The second-order valence-electron chi connectivity index (χ2n) is 7.58. The summed E-state index contributed by atoms with van der Waals surface area (Å²) in [6.07, 6.45) is 8.66. The van der Waals surface area contributed by atoms with Crippen molar-refractivity contribution < 1.29 is 4.79 Å². The highest BCUT2D eigenvalue weighted by Gasteiger charge is 2.66. The average molecular weight is 218 g/mol. The van der Waals surface area contributed by atoms with Crippen LogP contribution in [0.4, 0.5) is 0 Å².